The van der Waals surface area contributed by atoms with Crippen molar-refractivity contribution in [2.45, 2.75) is 13.5 Å². The molecule has 0 atom stereocenters. The van der Waals surface area contributed by atoms with Crippen molar-refractivity contribution < 1.29 is 27.9 Å². The van der Waals surface area contributed by atoms with Crippen LogP contribution in [-0.2, 0) is 11.3 Å². The Morgan fingerprint density at radius 3 is 2.69 bits per heavy atom. The highest BCUT2D eigenvalue weighted by Crippen LogP contribution is 2.33. The monoisotopic (exact) mass is 530 g/mol. The molecule has 0 bridgehead atoms. The standard InChI is InChI=1S/C29H27FN4O5/c1-18-2-4-21(32-22-11-20(30)12-23(13-22)34-6-8-36-9-7-34)14-24(18)25-15-28(39-33-25)29(35)31-16-19-3-5-26-27(10-19)38-17-37-26/h2-5,10-15,32H,6-9,16-17H2,1H3,(H,31,35). The molecular weight excluding hydrogens is 503 g/mol. The third-order valence-corrected chi connectivity index (χ3v) is 6.68. The van der Waals surface area contributed by atoms with E-state index < -0.39 is 0 Å². The smallest absolute Gasteiger partial charge is 0.290 e. The van der Waals surface area contributed by atoms with Gasteiger partial charge in [0, 0.05) is 48.3 Å². The molecule has 0 spiro atoms. The van der Waals surface area contributed by atoms with Gasteiger partial charge in [0.05, 0.1) is 13.2 Å². The lowest BCUT2D eigenvalue weighted by Crippen LogP contribution is -2.36. The fraction of sp³-hybridized carbons (Fsp3) is 0.241. The molecule has 9 nitrogen and oxygen atoms in total. The van der Waals surface area contributed by atoms with Crippen molar-refractivity contribution in [3.63, 3.8) is 0 Å². The molecule has 1 fully saturated rings. The van der Waals surface area contributed by atoms with Gasteiger partial charge in [-0.2, -0.15) is 0 Å². The Bertz CT molecular complexity index is 1520. The van der Waals surface area contributed by atoms with Crippen LogP contribution in [0.5, 0.6) is 11.5 Å². The van der Waals surface area contributed by atoms with E-state index in [1.807, 2.05) is 49.4 Å². The quantitative estimate of drug-likeness (QED) is 0.344. The minimum Gasteiger partial charge on any atom is -0.454 e. The number of carbonyl (C=O) groups excluding carboxylic acids is 1. The van der Waals surface area contributed by atoms with E-state index in [-0.39, 0.29) is 24.3 Å². The largest absolute Gasteiger partial charge is 0.454 e. The molecule has 39 heavy (non-hydrogen) atoms. The van der Waals surface area contributed by atoms with Crippen molar-refractivity contribution >= 4 is 23.0 Å². The first-order valence-electron chi connectivity index (χ1n) is 12.7. The van der Waals surface area contributed by atoms with Gasteiger partial charge in [-0.15, -0.1) is 0 Å². The summed E-state index contributed by atoms with van der Waals surface area (Å²) in [6.45, 7) is 5.12. The highest BCUT2D eigenvalue weighted by Gasteiger charge is 2.18. The van der Waals surface area contributed by atoms with Crippen LogP contribution in [0.2, 0.25) is 0 Å². The Balaban J connectivity index is 1.15. The number of rotatable bonds is 7. The lowest BCUT2D eigenvalue weighted by molar-refractivity contribution is 0.0914. The van der Waals surface area contributed by atoms with Gasteiger partial charge in [-0.1, -0.05) is 17.3 Å². The van der Waals surface area contributed by atoms with Gasteiger partial charge in [0.2, 0.25) is 12.6 Å². The first-order chi connectivity index (χ1) is 19.0. The average Bonchev–Trinajstić information content (AvgIpc) is 3.63. The SMILES string of the molecule is Cc1ccc(Nc2cc(F)cc(N3CCOCC3)c2)cc1-c1cc(C(=O)NCc2ccc3c(c2)OCO3)on1. The number of aromatic nitrogens is 1. The van der Waals surface area contributed by atoms with Crippen molar-refractivity contribution in [1.82, 2.24) is 10.5 Å². The molecule has 3 heterocycles. The molecule has 6 rings (SSSR count). The number of ether oxygens (including phenoxy) is 3. The van der Waals surface area contributed by atoms with E-state index in [1.165, 1.54) is 12.1 Å². The Morgan fingerprint density at radius 2 is 1.82 bits per heavy atom. The van der Waals surface area contributed by atoms with E-state index in [0.717, 1.165) is 41.2 Å². The van der Waals surface area contributed by atoms with Gasteiger partial charge in [-0.05, 0) is 60.5 Å². The molecule has 200 valence electrons. The van der Waals surface area contributed by atoms with E-state index in [9.17, 15) is 9.18 Å². The maximum Gasteiger partial charge on any atom is 0.290 e. The number of anilines is 3. The van der Waals surface area contributed by atoms with E-state index in [0.29, 0.717) is 42.6 Å². The summed E-state index contributed by atoms with van der Waals surface area (Å²) in [6.07, 6.45) is 0. The van der Waals surface area contributed by atoms with Crippen LogP contribution in [0.4, 0.5) is 21.5 Å². The molecule has 2 aliphatic heterocycles. The lowest BCUT2D eigenvalue weighted by atomic mass is 10.0. The summed E-state index contributed by atoms with van der Waals surface area (Å²) < 4.78 is 35.9. The van der Waals surface area contributed by atoms with E-state index in [2.05, 4.69) is 20.7 Å². The van der Waals surface area contributed by atoms with Crippen LogP contribution in [0, 0.1) is 12.7 Å². The lowest BCUT2D eigenvalue weighted by Gasteiger charge is -2.29. The molecule has 0 unspecified atom stereocenters. The number of nitrogens with zero attached hydrogens (tertiary/aromatic N) is 2. The fourth-order valence-electron chi connectivity index (χ4n) is 4.62. The number of aryl methyl sites for hydroxylation is 1. The predicted octanol–water partition coefficient (Wildman–Crippen LogP) is 5.03. The van der Waals surface area contributed by atoms with Crippen LogP contribution in [0.15, 0.2) is 65.2 Å². The number of hydrogen-bond acceptors (Lipinski definition) is 8. The topological polar surface area (TPSA) is 98.1 Å². The first kappa shape index (κ1) is 24.7. The molecule has 2 aliphatic rings. The van der Waals surface area contributed by atoms with Crippen molar-refractivity contribution in [1.29, 1.82) is 0 Å². The maximum atomic E-state index is 14.4. The second-order valence-corrected chi connectivity index (χ2v) is 9.40. The van der Waals surface area contributed by atoms with E-state index >= 15 is 0 Å². The maximum absolute atomic E-state index is 14.4. The van der Waals surface area contributed by atoms with Crippen molar-refractivity contribution in [3.8, 4) is 22.8 Å². The summed E-state index contributed by atoms with van der Waals surface area (Å²) in [6, 6.07) is 17.8. The zero-order chi connectivity index (χ0) is 26.8. The molecule has 1 aromatic heterocycles. The molecule has 1 saturated heterocycles. The summed E-state index contributed by atoms with van der Waals surface area (Å²) in [5, 5.41) is 10.3. The molecule has 0 saturated carbocycles. The van der Waals surface area contributed by atoms with Crippen LogP contribution in [0.3, 0.4) is 0 Å². The Morgan fingerprint density at radius 1 is 0.974 bits per heavy atom. The van der Waals surface area contributed by atoms with Crippen LogP contribution in [-0.4, -0.2) is 44.2 Å². The molecule has 3 aromatic carbocycles. The van der Waals surface area contributed by atoms with Crippen LogP contribution < -0.4 is 25.0 Å². The third kappa shape index (κ3) is 5.51. The zero-order valence-electron chi connectivity index (χ0n) is 21.3. The van der Waals surface area contributed by atoms with Gasteiger partial charge < -0.3 is 34.3 Å². The number of carbonyl (C=O) groups is 1. The molecule has 2 N–H and O–H groups in total. The summed E-state index contributed by atoms with van der Waals surface area (Å²) in [7, 11) is 0. The van der Waals surface area contributed by atoms with Gasteiger partial charge in [0.25, 0.3) is 5.91 Å². The minimum atomic E-state index is -0.381. The molecule has 0 aliphatic carbocycles. The van der Waals surface area contributed by atoms with Crippen LogP contribution >= 0.6 is 0 Å². The molecule has 4 aromatic rings. The van der Waals surface area contributed by atoms with E-state index in [1.54, 1.807) is 6.07 Å². The highest BCUT2D eigenvalue weighted by molar-refractivity contribution is 5.92. The Kier molecular flexibility index (Phi) is 6.76. The summed E-state index contributed by atoms with van der Waals surface area (Å²) in [5.41, 5.74) is 5.34. The summed E-state index contributed by atoms with van der Waals surface area (Å²) in [4.78, 5) is 14.8. The van der Waals surface area contributed by atoms with Crippen molar-refractivity contribution in [2.75, 3.05) is 43.3 Å². The molecule has 10 heteroatoms. The summed E-state index contributed by atoms with van der Waals surface area (Å²) >= 11 is 0. The predicted molar refractivity (Wildman–Crippen MR) is 143 cm³/mol. The average molecular weight is 531 g/mol. The van der Waals surface area contributed by atoms with Gasteiger partial charge in [0.15, 0.2) is 11.5 Å². The number of halogens is 1. The fourth-order valence-corrected chi connectivity index (χ4v) is 4.62. The molecular formula is C29H27FN4O5. The normalized spacial score (nSPS) is 14.4. The Hall–Kier alpha value is -4.57. The van der Waals surface area contributed by atoms with Gasteiger partial charge in [-0.3, -0.25) is 4.79 Å². The van der Waals surface area contributed by atoms with Crippen LogP contribution in [0.1, 0.15) is 21.7 Å². The highest BCUT2D eigenvalue weighted by atomic mass is 19.1. The number of nitrogens with one attached hydrogen (secondary N) is 2. The Labute approximate surface area is 224 Å². The third-order valence-electron chi connectivity index (χ3n) is 6.68. The first-order valence-corrected chi connectivity index (χ1v) is 12.7. The zero-order valence-corrected chi connectivity index (χ0v) is 21.3. The van der Waals surface area contributed by atoms with E-state index in [4.69, 9.17) is 18.7 Å². The van der Waals surface area contributed by atoms with Crippen LogP contribution in [0.25, 0.3) is 11.3 Å². The molecule has 1 amide bonds. The van der Waals surface area contributed by atoms with Gasteiger partial charge in [-0.25, -0.2) is 4.39 Å². The minimum absolute atomic E-state index is 0.101. The molecule has 0 radical (unpaired) electrons. The second-order valence-electron chi connectivity index (χ2n) is 9.40. The van der Waals surface area contributed by atoms with Crippen molar-refractivity contribution in [3.05, 3.63) is 83.4 Å². The summed E-state index contributed by atoms with van der Waals surface area (Å²) in [5.74, 6) is 0.745. The number of fused-ring (bicyclic) bond motifs is 1. The second kappa shape index (κ2) is 10.7. The van der Waals surface area contributed by atoms with Gasteiger partial charge in [0.1, 0.15) is 11.5 Å². The number of amides is 1. The van der Waals surface area contributed by atoms with Crippen molar-refractivity contribution in [2.24, 2.45) is 0 Å². The van der Waals surface area contributed by atoms with Gasteiger partial charge >= 0.3 is 0 Å². The number of hydrogen-bond donors (Lipinski definition) is 2. The number of benzene rings is 3. The number of morpholine rings is 1.